The van der Waals surface area contributed by atoms with Crippen molar-refractivity contribution < 1.29 is 18.4 Å². The van der Waals surface area contributed by atoms with E-state index in [9.17, 15) is 18.4 Å². The van der Waals surface area contributed by atoms with Gasteiger partial charge in [-0.2, -0.15) is 5.10 Å². The van der Waals surface area contributed by atoms with Crippen LogP contribution in [0.15, 0.2) is 42.5 Å². The minimum Gasteiger partial charge on any atom is -0.359 e. The Morgan fingerprint density at radius 1 is 1.10 bits per heavy atom. The number of para-hydroxylation sites is 1. The predicted molar refractivity (Wildman–Crippen MR) is 108 cm³/mol. The molecule has 2 amide bonds. The average Bonchev–Trinajstić information content (AvgIpc) is 3.34. The molecule has 0 fully saturated rings. The normalized spacial score (nSPS) is 12.5. The molecule has 4 rings (SSSR count). The second kappa shape index (κ2) is 8.06. The van der Waals surface area contributed by atoms with E-state index in [0.717, 1.165) is 29.8 Å². The third-order valence-corrected chi connectivity index (χ3v) is 5.19. The molecule has 0 saturated heterocycles. The highest BCUT2D eigenvalue weighted by atomic mass is 19.2. The average molecular weight is 410 g/mol. The lowest BCUT2D eigenvalue weighted by atomic mass is 10.1. The molecule has 30 heavy (non-hydrogen) atoms. The molecule has 0 saturated carbocycles. The Bertz CT molecular complexity index is 1140. The largest absolute Gasteiger partial charge is 0.359 e. The Hall–Kier alpha value is -3.55. The van der Waals surface area contributed by atoms with Crippen LogP contribution in [0.4, 0.5) is 14.5 Å². The minimum absolute atomic E-state index is 0.133. The number of amides is 2. The van der Waals surface area contributed by atoms with Crippen LogP contribution in [0.3, 0.4) is 0 Å². The number of rotatable bonds is 5. The molecule has 3 aromatic rings. The molecule has 2 N–H and O–H groups in total. The van der Waals surface area contributed by atoms with Gasteiger partial charge in [0, 0.05) is 30.1 Å². The van der Waals surface area contributed by atoms with Gasteiger partial charge < -0.3 is 10.6 Å². The summed E-state index contributed by atoms with van der Waals surface area (Å²) in [4.78, 5) is 24.8. The summed E-state index contributed by atoms with van der Waals surface area (Å²) in [5, 5.41) is 9.82. The number of hydrogen-bond acceptors (Lipinski definition) is 3. The number of carbonyl (C=O) groups excluding carboxylic acids is 2. The number of hydrogen-bond donors (Lipinski definition) is 2. The van der Waals surface area contributed by atoms with Gasteiger partial charge in [0.15, 0.2) is 17.3 Å². The van der Waals surface area contributed by atoms with Crippen molar-refractivity contribution in [2.45, 2.75) is 25.7 Å². The summed E-state index contributed by atoms with van der Waals surface area (Å²) in [6.07, 6.45) is 2.36. The summed E-state index contributed by atoms with van der Waals surface area (Å²) in [5.41, 5.74) is 3.46. The Morgan fingerprint density at radius 2 is 1.90 bits per heavy atom. The first-order valence-corrected chi connectivity index (χ1v) is 9.64. The SMILES string of the molecule is CNC(=O)Cc1ccccc1NC(=O)c1nn(-c2ccc(F)c(F)c2)c2c1CCC2. The van der Waals surface area contributed by atoms with Crippen molar-refractivity contribution in [2.75, 3.05) is 12.4 Å². The lowest BCUT2D eigenvalue weighted by Crippen LogP contribution is -2.22. The van der Waals surface area contributed by atoms with E-state index in [2.05, 4.69) is 15.7 Å². The van der Waals surface area contributed by atoms with E-state index in [1.807, 2.05) is 0 Å². The van der Waals surface area contributed by atoms with E-state index in [1.165, 1.54) is 10.7 Å². The topological polar surface area (TPSA) is 76.0 Å². The zero-order chi connectivity index (χ0) is 21.3. The number of anilines is 1. The van der Waals surface area contributed by atoms with Crippen LogP contribution in [0.1, 0.15) is 33.7 Å². The highest BCUT2D eigenvalue weighted by molar-refractivity contribution is 6.05. The third-order valence-electron chi connectivity index (χ3n) is 5.19. The van der Waals surface area contributed by atoms with Gasteiger partial charge in [-0.15, -0.1) is 0 Å². The number of nitrogens with one attached hydrogen (secondary N) is 2. The fraction of sp³-hybridized carbons (Fsp3) is 0.227. The lowest BCUT2D eigenvalue weighted by molar-refractivity contribution is -0.119. The minimum atomic E-state index is -0.969. The van der Waals surface area contributed by atoms with Gasteiger partial charge in [-0.25, -0.2) is 13.5 Å². The van der Waals surface area contributed by atoms with Gasteiger partial charge in [-0.05, 0) is 43.0 Å². The number of fused-ring (bicyclic) bond motifs is 1. The quantitative estimate of drug-likeness (QED) is 0.678. The van der Waals surface area contributed by atoms with Crippen molar-refractivity contribution in [1.82, 2.24) is 15.1 Å². The van der Waals surface area contributed by atoms with Gasteiger partial charge in [0.05, 0.1) is 12.1 Å². The van der Waals surface area contributed by atoms with Crippen LogP contribution in [-0.4, -0.2) is 28.6 Å². The Balaban J connectivity index is 1.66. The molecule has 0 bridgehead atoms. The fourth-order valence-corrected chi connectivity index (χ4v) is 3.69. The molecule has 0 spiro atoms. The second-order valence-corrected chi connectivity index (χ2v) is 7.10. The number of halogens is 2. The van der Waals surface area contributed by atoms with Crippen molar-refractivity contribution in [1.29, 1.82) is 0 Å². The van der Waals surface area contributed by atoms with Crippen LogP contribution < -0.4 is 10.6 Å². The Labute approximate surface area is 171 Å². The van der Waals surface area contributed by atoms with Crippen molar-refractivity contribution in [3.63, 3.8) is 0 Å². The smallest absolute Gasteiger partial charge is 0.276 e. The molecule has 0 unspecified atom stereocenters. The third kappa shape index (κ3) is 3.68. The highest BCUT2D eigenvalue weighted by Gasteiger charge is 2.27. The van der Waals surface area contributed by atoms with E-state index in [4.69, 9.17) is 0 Å². The maximum absolute atomic E-state index is 13.7. The molecule has 1 aromatic heterocycles. The van der Waals surface area contributed by atoms with Gasteiger partial charge in [0.25, 0.3) is 5.91 Å². The molecule has 2 aromatic carbocycles. The van der Waals surface area contributed by atoms with Crippen molar-refractivity contribution in [3.05, 3.63) is 76.6 Å². The zero-order valence-electron chi connectivity index (χ0n) is 16.3. The van der Waals surface area contributed by atoms with E-state index >= 15 is 0 Å². The molecule has 8 heteroatoms. The lowest BCUT2D eigenvalue weighted by Gasteiger charge is -2.10. The summed E-state index contributed by atoms with van der Waals surface area (Å²) in [5.74, 6) is -2.48. The van der Waals surface area contributed by atoms with Crippen LogP contribution in [0, 0.1) is 11.6 Å². The molecule has 154 valence electrons. The first-order valence-electron chi connectivity index (χ1n) is 9.64. The summed E-state index contributed by atoms with van der Waals surface area (Å²) in [7, 11) is 1.55. The van der Waals surface area contributed by atoms with Gasteiger partial charge in [-0.1, -0.05) is 18.2 Å². The molecule has 6 nitrogen and oxygen atoms in total. The summed E-state index contributed by atoms with van der Waals surface area (Å²) in [6, 6.07) is 10.6. The van der Waals surface area contributed by atoms with Gasteiger partial charge in [-0.3, -0.25) is 9.59 Å². The van der Waals surface area contributed by atoms with E-state index in [-0.39, 0.29) is 18.0 Å². The van der Waals surface area contributed by atoms with Crippen LogP contribution >= 0.6 is 0 Å². The van der Waals surface area contributed by atoms with Gasteiger partial charge >= 0.3 is 0 Å². The number of carbonyl (C=O) groups is 2. The maximum atomic E-state index is 13.7. The summed E-state index contributed by atoms with van der Waals surface area (Å²) >= 11 is 0. The van der Waals surface area contributed by atoms with Crippen LogP contribution in [0.5, 0.6) is 0 Å². The monoisotopic (exact) mass is 410 g/mol. The van der Waals surface area contributed by atoms with Gasteiger partial charge in [0.2, 0.25) is 5.91 Å². The van der Waals surface area contributed by atoms with Crippen molar-refractivity contribution in [3.8, 4) is 5.69 Å². The van der Waals surface area contributed by atoms with Crippen LogP contribution in [0.25, 0.3) is 5.69 Å². The molecule has 1 heterocycles. The molecular formula is C22H20F2N4O2. The second-order valence-electron chi connectivity index (χ2n) is 7.10. The maximum Gasteiger partial charge on any atom is 0.276 e. The summed E-state index contributed by atoms with van der Waals surface area (Å²) < 4.78 is 28.6. The Morgan fingerprint density at radius 3 is 2.67 bits per heavy atom. The first kappa shape index (κ1) is 19.8. The summed E-state index contributed by atoms with van der Waals surface area (Å²) in [6.45, 7) is 0. The first-order chi connectivity index (χ1) is 14.5. The highest BCUT2D eigenvalue weighted by Crippen LogP contribution is 2.29. The number of benzene rings is 2. The number of likely N-dealkylation sites (N-methyl/N-ethyl adjacent to an activating group) is 1. The van der Waals surface area contributed by atoms with Crippen molar-refractivity contribution >= 4 is 17.5 Å². The van der Waals surface area contributed by atoms with Crippen molar-refractivity contribution in [2.24, 2.45) is 0 Å². The fourth-order valence-electron chi connectivity index (χ4n) is 3.69. The molecular weight excluding hydrogens is 390 g/mol. The molecule has 1 aliphatic rings. The number of aromatic nitrogens is 2. The van der Waals surface area contributed by atoms with Gasteiger partial charge in [0.1, 0.15) is 0 Å². The molecule has 0 atom stereocenters. The Kier molecular flexibility index (Phi) is 5.31. The van der Waals surface area contributed by atoms with Crippen LogP contribution in [0.2, 0.25) is 0 Å². The zero-order valence-corrected chi connectivity index (χ0v) is 16.3. The molecule has 1 aliphatic carbocycles. The molecule has 0 aliphatic heterocycles. The molecule has 0 radical (unpaired) electrons. The van der Waals surface area contributed by atoms with E-state index in [1.54, 1.807) is 31.3 Å². The standard InChI is InChI=1S/C22H20F2N4O2/c1-25-20(29)11-13-5-2-3-7-18(13)26-22(30)21-15-6-4-8-19(15)28(27-21)14-9-10-16(23)17(24)12-14/h2-3,5,7,9-10,12H,4,6,8,11H2,1H3,(H,25,29)(H,26,30). The van der Waals surface area contributed by atoms with E-state index < -0.39 is 17.5 Å². The predicted octanol–water partition coefficient (Wildman–Crippen LogP) is 3.18. The van der Waals surface area contributed by atoms with Crippen LogP contribution in [-0.2, 0) is 24.1 Å². The number of nitrogens with zero attached hydrogens (tertiary/aromatic N) is 2. The van der Waals surface area contributed by atoms with E-state index in [0.29, 0.717) is 29.8 Å².